The first-order chi connectivity index (χ1) is 7.10. The van der Waals surface area contributed by atoms with Crippen molar-refractivity contribution in [2.45, 2.75) is 39.0 Å². The van der Waals surface area contributed by atoms with Crippen molar-refractivity contribution in [2.75, 3.05) is 5.88 Å². The summed E-state index contributed by atoms with van der Waals surface area (Å²) >= 11 is 5.48. The van der Waals surface area contributed by atoms with Gasteiger partial charge in [0.15, 0.2) is 0 Å². The van der Waals surface area contributed by atoms with Gasteiger partial charge in [0, 0.05) is 18.3 Å². The van der Waals surface area contributed by atoms with Gasteiger partial charge in [-0.3, -0.25) is 4.68 Å². The molecule has 5 heteroatoms. The van der Waals surface area contributed by atoms with Crippen LogP contribution in [0, 0.1) is 6.92 Å². The zero-order chi connectivity index (χ0) is 11.4. The number of halogens is 1. The van der Waals surface area contributed by atoms with Crippen LogP contribution in [0.15, 0.2) is 6.20 Å². The third kappa shape index (κ3) is 2.93. The van der Waals surface area contributed by atoms with Crippen LogP contribution in [0.3, 0.4) is 0 Å². The number of rotatable bonds is 5. The first kappa shape index (κ1) is 12.5. The maximum atomic E-state index is 9.76. The Kier molecular flexibility index (Phi) is 4.57. The van der Waals surface area contributed by atoms with Crippen LogP contribution in [0.4, 0.5) is 0 Å². The zero-order valence-electron chi connectivity index (χ0n) is 9.02. The summed E-state index contributed by atoms with van der Waals surface area (Å²) in [7, 11) is 0. The predicted octanol–water partition coefficient (Wildman–Crippen LogP) is 1.23. The minimum atomic E-state index is -0.951. The fraction of sp³-hybridized carbons (Fsp3) is 0.700. The lowest BCUT2D eigenvalue weighted by molar-refractivity contribution is 0.0323. The molecule has 2 unspecified atom stereocenters. The van der Waals surface area contributed by atoms with E-state index < -0.39 is 12.2 Å². The quantitative estimate of drug-likeness (QED) is 0.751. The maximum absolute atomic E-state index is 9.76. The number of hydrogen-bond donors (Lipinski definition) is 2. The van der Waals surface area contributed by atoms with Gasteiger partial charge in [0.05, 0.1) is 17.7 Å². The van der Waals surface area contributed by atoms with Crippen LogP contribution in [0.25, 0.3) is 0 Å². The fourth-order valence-corrected chi connectivity index (χ4v) is 1.63. The van der Waals surface area contributed by atoms with Crippen molar-refractivity contribution < 1.29 is 10.2 Å². The molecule has 0 saturated heterocycles. The smallest absolute Gasteiger partial charge is 0.109 e. The van der Waals surface area contributed by atoms with E-state index in [0.717, 1.165) is 18.7 Å². The van der Waals surface area contributed by atoms with Crippen molar-refractivity contribution >= 4 is 11.6 Å². The van der Waals surface area contributed by atoms with Gasteiger partial charge in [-0.25, -0.2) is 0 Å². The molecule has 0 fully saturated rings. The lowest BCUT2D eigenvalue weighted by Crippen LogP contribution is -2.19. The van der Waals surface area contributed by atoms with E-state index in [1.807, 2.05) is 6.92 Å². The molecule has 4 nitrogen and oxygen atoms in total. The highest BCUT2D eigenvalue weighted by Gasteiger charge is 2.21. The van der Waals surface area contributed by atoms with Crippen molar-refractivity contribution in [3.8, 4) is 0 Å². The largest absolute Gasteiger partial charge is 0.389 e. The molecule has 1 heterocycles. The lowest BCUT2D eigenvalue weighted by Gasteiger charge is -2.14. The van der Waals surface area contributed by atoms with Crippen molar-refractivity contribution in [3.05, 3.63) is 17.5 Å². The second kappa shape index (κ2) is 5.49. The van der Waals surface area contributed by atoms with Crippen molar-refractivity contribution in [1.82, 2.24) is 9.78 Å². The standard InChI is InChI=1S/C10H17ClN2O2/c1-3-4-13-6-8(7(2)12-13)10(15)9(14)5-11/h6,9-10,14-15H,3-5H2,1-2H3. The number of hydrogen-bond acceptors (Lipinski definition) is 3. The molecule has 2 atom stereocenters. The molecule has 2 N–H and O–H groups in total. The predicted molar refractivity (Wildman–Crippen MR) is 58.9 cm³/mol. The lowest BCUT2D eigenvalue weighted by atomic mass is 10.1. The van der Waals surface area contributed by atoms with E-state index in [9.17, 15) is 10.2 Å². The zero-order valence-corrected chi connectivity index (χ0v) is 9.78. The molecule has 0 aromatic carbocycles. The molecule has 0 amide bonds. The van der Waals surface area contributed by atoms with Crippen LogP contribution in [0.5, 0.6) is 0 Å². The molecular weight excluding hydrogens is 216 g/mol. The molecule has 1 rings (SSSR count). The molecule has 0 aliphatic carbocycles. The summed E-state index contributed by atoms with van der Waals surface area (Å²) in [5, 5.41) is 23.4. The Hall–Kier alpha value is -0.580. The number of aryl methyl sites for hydroxylation is 2. The van der Waals surface area contributed by atoms with E-state index in [-0.39, 0.29) is 5.88 Å². The monoisotopic (exact) mass is 232 g/mol. The Morgan fingerprint density at radius 1 is 1.53 bits per heavy atom. The Labute approximate surface area is 94.5 Å². The molecule has 86 valence electrons. The topological polar surface area (TPSA) is 58.3 Å². The molecular formula is C10H17ClN2O2. The van der Waals surface area contributed by atoms with Gasteiger partial charge in [-0.2, -0.15) is 5.10 Å². The van der Waals surface area contributed by atoms with E-state index >= 15 is 0 Å². The second-order valence-corrected chi connectivity index (χ2v) is 3.91. The highest BCUT2D eigenvalue weighted by atomic mass is 35.5. The summed E-state index contributed by atoms with van der Waals surface area (Å²) in [5.41, 5.74) is 1.39. The number of aromatic nitrogens is 2. The van der Waals surface area contributed by atoms with Gasteiger partial charge in [0.1, 0.15) is 6.10 Å². The third-order valence-electron chi connectivity index (χ3n) is 2.28. The van der Waals surface area contributed by atoms with Gasteiger partial charge in [0.2, 0.25) is 0 Å². The molecule has 0 bridgehead atoms. The summed E-state index contributed by atoms with van der Waals surface area (Å²) in [5.74, 6) is 0.0135. The number of aliphatic hydroxyl groups is 2. The van der Waals surface area contributed by atoms with E-state index in [1.165, 1.54) is 0 Å². The Morgan fingerprint density at radius 2 is 2.20 bits per heavy atom. The minimum absolute atomic E-state index is 0.0135. The number of alkyl halides is 1. The minimum Gasteiger partial charge on any atom is -0.389 e. The second-order valence-electron chi connectivity index (χ2n) is 3.60. The summed E-state index contributed by atoms with van der Waals surface area (Å²) in [6.07, 6.45) is 0.853. The van der Waals surface area contributed by atoms with Gasteiger partial charge in [0.25, 0.3) is 0 Å². The molecule has 0 aliphatic rings. The molecule has 15 heavy (non-hydrogen) atoms. The molecule has 0 spiro atoms. The molecule has 0 radical (unpaired) electrons. The van der Waals surface area contributed by atoms with Crippen molar-refractivity contribution in [3.63, 3.8) is 0 Å². The van der Waals surface area contributed by atoms with E-state index in [2.05, 4.69) is 12.0 Å². The highest BCUT2D eigenvalue weighted by Crippen LogP contribution is 2.20. The van der Waals surface area contributed by atoms with E-state index in [4.69, 9.17) is 11.6 Å². The molecule has 0 saturated carbocycles. The van der Waals surface area contributed by atoms with Crippen molar-refractivity contribution in [1.29, 1.82) is 0 Å². The first-order valence-corrected chi connectivity index (χ1v) is 5.59. The van der Waals surface area contributed by atoms with E-state index in [1.54, 1.807) is 10.9 Å². The first-order valence-electron chi connectivity index (χ1n) is 5.06. The SMILES string of the molecule is CCCn1cc(C(O)C(O)CCl)c(C)n1. The van der Waals surface area contributed by atoms with Crippen molar-refractivity contribution in [2.24, 2.45) is 0 Å². The summed E-state index contributed by atoms with van der Waals surface area (Å²) in [6, 6.07) is 0. The third-order valence-corrected chi connectivity index (χ3v) is 2.59. The van der Waals surface area contributed by atoms with Gasteiger partial charge in [-0.05, 0) is 13.3 Å². The average Bonchev–Trinajstić information content (AvgIpc) is 2.58. The van der Waals surface area contributed by atoms with Crippen LogP contribution in [-0.2, 0) is 6.54 Å². The molecule has 1 aromatic heterocycles. The van der Waals surface area contributed by atoms with E-state index in [0.29, 0.717) is 5.56 Å². The normalized spacial score (nSPS) is 15.3. The van der Waals surface area contributed by atoms with Crippen LogP contribution in [0.2, 0.25) is 0 Å². The Bertz CT molecular complexity index is 314. The van der Waals surface area contributed by atoms with Crippen LogP contribution >= 0.6 is 11.6 Å². The van der Waals surface area contributed by atoms with Crippen LogP contribution < -0.4 is 0 Å². The van der Waals surface area contributed by atoms with Gasteiger partial charge in [-0.1, -0.05) is 6.92 Å². The van der Waals surface area contributed by atoms with Crippen LogP contribution in [0.1, 0.15) is 30.7 Å². The fourth-order valence-electron chi connectivity index (χ4n) is 1.46. The maximum Gasteiger partial charge on any atom is 0.109 e. The molecule has 1 aromatic rings. The van der Waals surface area contributed by atoms with Gasteiger partial charge < -0.3 is 10.2 Å². The Morgan fingerprint density at radius 3 is 2.73 bits per heavy atom. The van der Waals surface area contributed by atoms with Crippen LogP contribution in [-0.4, -0.2) is 32.0 Å². The summed E-state index contributed by atoms with van der Waals surface area (Å²) in [4.78, 5) is 0. The average molecular weight is 233 g/mol. The number of nitrogens with zero attached hydrogens (tertiary/aromatic N) is 2. The summed E-state index contributed by atoms with van der Waals surface area (Å²) < 4.78 is 1.77. The Balaban J connectivity index is 2.84. The molecule has 0 aliphatic heterocycles. The summed E-state index contributed by atoms with van der Waals surface area (Å²) in [6.45, 7) is 4.68. The number of aliphatic hydroxyl groups excluding tert-OH is 2. The highest BCUT2D eigenvalue weighted by molar-refractivity contribution is 6.18. The van der Waals surface area contributed by atoms with Gasteiger partial charge in [-0.15, -0.1) is 11.6 Å². The van der Waals surface area contributed by atoms with Gasteiger partial charge >= 0.3 is 0 Å².